The maximum atomic E-state index is 10.8. The Labute approximate surface area is 396 Å². The lowest BCUT2D eigenvalue weighted by Crippen LogP contribution is -2.63. The van der Waals surface area contributed by atoms with E-state index in [2.05, 4.69) is 0 Å². The van der Waals surface area contributed by atoms with Crippen LogP contribution in [0.5, 0.6) is 0 Å². The summed E-state index contributed by atoms with van der Waals surface area (Å²) in [5.74, 6) is 0.484. The van der Waals surface area contributed by atoms with Crippen LogP contribution in [0.3, 0.4) is 0 Å². The van der Waals surface area contributed by atoms with Gasteiger partial charge < -0.3 is 149 Å². The Morgan fingerprint density at radius 2 is 0.507 bits per heavy atom. The molecule has 6 fully saturated rings. The minimum atomic E-state index is -2.00. The fraction of sp³-hybridized carbons (Fsp3) is 1.00. The van der Waals surface area contributed by atoms with Gasteiger partial charge in [0, 0.05) is 0 Å². The summed E-state index contributed by atoms with van der Waals surface area (Å²) >= 11 is 1.14. The van der Waals surface area contributed by atoms with E-state index < -0.39 is 223 Å². The van der Waals surface area contributed by atoms with Crippen LogP contribution in [0.2, 0.25) is 0 Å². The molecule has 17 unspecified atom stereocenters. The van der Waals surface area contributed by atoms with Crippen molar-refractivity contribution >= 4 is 11.8 Å². The second-order valence-electron chi connectivity index (χ2n) is 17.4. The van der Waals surface area contributed by atoms with Gasteiger partial charge in [-0.25, -0.2) is 0 Å². The van der Waals surface area contributed by atoms with Crippen LogP contribution in [0.15, 0.2) is 0 Å². The molecule has 0 aromatic heterocycles. The zero-order valence-electron chi connectivity index (χ0n) is 36.7. The Bertz CT molecular complexity index is 1550. The molecule has 69 heavy (non-hydrogen) atoms. The first-order chi connectivity index (χ1) is 32.6. The van der Waals surface area contributed by atoms with E-state index in [4.69, 9.17) is 52.1 Å². The first-order valence-electron chi connectivity index (χ1n) is 22.1. The molecule has 31 heteroatoms. The highest BCUT2D eigenvalue weighted by Gasteiger charge is 2.52. The molecule has 6 saturated heterocycles. The van der Waals surface area contributed by atoms with Gasteiger partial charge in [0.05, 0.1) is 39.6 Å². The molecule has 0 aromatic rings. The van der Waals surface area contributed by atoms with E-state index >= 15 is 0 Å². The summed E-state index contributed by atoms with van der Waals surface area (Å²) in [6.07, 6.45) is -50.7. The average molecular weight is 1030 g/mol. The third-order valence-electron chi connectivity index (χ3n) is 12.6. The molecule has 6 heterocycles. The SMILES string of the molecule is CCSC1OC(CO[C@@H]2O[C@H](COC3OC(CO[C@@H]4OC(COC5OC(CO[C@@H]6OC(CO)C(O)[C@H](O)C6O)[C@@H](O)C(O)[C@H]5O)C(O)[C@H](O)C4O)[C@@H](O)C(O)[C@H]3O)C(O)[C@H](O)C2O)[C@@H](O)C(O)[C@H]1O. The average Bonchev–Trinajstić information content (AvgIpc) is 3.33. The van der Waals surface area contributed by atoms with Crippen LogP contribution in [-0.4, -0.2) is 326 Å². The molecule has 6 aliphatic rings. The second-order valence-corrected chi connectivity index (χ2v) is 18.8. The van der Waals surface area contributed by atoms with Crippen molar-refractivity contribution in [2.24, 2.45) is 0 Å². The van der Waals surface area contributed by atoms with Crippen LogP contribution in [0.25, 0.3) is 0 Å². The zero-order valence-corrected chi connectivity index (χ0v) is 37.5. The number of rotatable bonds is 18. The molecule has 0 bridgehead atoms. The van der Waals surface area contributed by atoms with Gasteiger partial charge in [-0.2, -0.15) is 0 Å². The van der Waals surface area contributed by atoms with Gasteiger partial charge in [0.25, 0.3) is 0 Å². The number of ether oxygens (including phenoxy) is 11. The number of aliphatic hydroxyl groups is 19. The quantitative estimate of drug-likeness (QED) is 0.0606. The Kier molecular flexibility index (Phi) is 20.9. The minimum absolute atomic E-state index is 0.484. The van der Waals surface area contributed by atoms with E-state index in [0.717, 1.165) is 11.8 Å². The fourth-order valence-corrected chi connectivity index (χ4v) is 9.19. The van der Waals surface area contributed by atoms with Gasteiger partial charge in [-0.1, -0.05) is 6.92 Å². The highest BCUT2D eigenvalue weighted by atomic mass is 32.2. The molecular weight excluding hydrogens is 968 g/mol. The van der Waals surface area contributed by atoms with Crippen molar-refractivity contribution in [2.45, 2.75) is 190 Å². The van der Waals surface area contributed by atoms with Crippen LogP contribution in [0.4, 0.5) is 0 Å². The molecule has 0 spiro atoms. The van der Waals surface area contributed by atoms with E-state index in [1.54, 1.807) is 6.92 Å². The summed E-state index contributed by atoms with van der Waals surface area (Å²) in [7, 11) is 0. The van der Waals surface area contributed by atoms with Crippen molar-refractivity contribution in [2.75, 3.05) is 45.4 Å². The maximum absolute atomic E-state index is 10.8. The Morgan fingerprint density at radius 1 is 0.290 bits per heavy atom. The second kappa shape index (κ2) is 25.1. The first-order valence-corrected chi connectivity index (χ1v) is 23.1. The smallest absolute Gasteiger partial charge is 0.186 e. The van der Waals surface area contributed by atoms with Gasteiger partial charge in [-0.05, 0) is 5.75 Å². The summed E-state index contributed by atoms with van der Waals surface area (Å²) in [5.41, 5.74) is -0.940. The Hall–Kier alpha value is -0.850. The molecular formula is C38H66O30S. The third kappa shape index (κ3) is 12.8. The molecule has 6 rings (SSSR count). The maximum Gasteiger partial charge on any atom is 0.186 e. The molecule has 19 N–H and O–H groups in total. The molecule has 30 nitrogen and oxygen atoms in total. The first kappa shape index (κ1) is 57.4. The summed E-state index contributed by atoms with van der Waals surface area (Å²) in [5, 5.41) is 199. The molecule has 0 saturated carbocycles. The van der Waals surface area contributed by atoms with Gasteiger partial charge in [-0.15, -0.1) is 11.8 Å². The number of hydrogen-bond donors (Lipinski definition) is 19. The molecule has 0 amide bonds. The van der Waals surface area contributed by atoms with Crippen molar-refractivity contribution in [3.05, 3.63) is 0 Å². The number of aliphatic hydroxyl groups excluding tert-OH is 19. The lowest BCUT2D eigenvalue weighted by molar-refractivity contribution is -0.351. The van der Waals surface area contributed by atoms with Crippen LogP contribution in [-0.2, 0) is 52.1 Å². The molecule has 0 radical (unpaired) electrons. The van der Waals surface area contributed by atoms with Gasteiger partial charge in [0.1, 0.15) is 152 Å². The van der Waals surface area contributed by atoms with Crippen LogP contribution in [0.1, 0.15) is 6.92 Å². The van der Waals surface area contributed by atoms with Crippen molar-refractivity contribution in [1.29, 1.82) is 0 Å². The molecule has 0 aliphatic carbocycles. The standard InChI is InChI=1S/C38H66O30S/c1-2-69-38-32(57)26(51)20(45)14(68-38)8-62-37-31(56)25(50)19(44)13(67-37)7-61-36-30(55)24(49)18(43)12(66-36)6-60-35-29(54)23(48)17(42)11(65-35)5-59-34-28(53)22(47)16(41)10(64-34)4-58-33-27(52)21(46)15(40)9(3-39)63-33/h9-57H,2-8H2,1H3/t9?,10?,11?,12?,13-,14?,15?,16-,17?,18-,19?,20-,21+,22?,23+,24?,25+,26?,27?,28-,29?,30-,31?,32-,33-,34?,35-,36?,37-,38?/m1/s1. The van der Waals surface area contributed by atoms with Gasteiger partial charge >= 0.3 is 0 Å². The van der Waals surface area contributed by atoms with Gasteiger partial charge in [-0.3, -0.25) is 0 Å². The highest BCUT2D eigenvalue weighted by Crippen LogP contribution is 2.33. The van der Waals surface area contributed by atoms with Crippen molar-refractivity contribution < 1.29 is 149 Å². The normalized spacial score (nSPS) is 52.2. The predicted octanol–water partition coefficient (Wildman–Crippen LogP) is -12.3. The summed E-state index contributed by atoms with van der Waals surface area (Å²) in [6.45, 7) is -2.51. The molecule has 404 valence electrons. The van der Waals surface area contributed by atoms with E-state index in [0.29, 0.717) is 5.75 Å². The zero-order chi connectivity index (χ0) is 50.8. The molecule has 0 aromatic carbocycles. The third-order valence-corrected chi connectivity index (χ3v) is 13.7. The lowest BCUT2D eigenvalue weighted by Gasteiger charge is -2.45. The number of thioether (sulfide) groups is 1. The monoisotopic (exact) mass is 1030 g/mol. The summed E-state index contributed by atoms with van der Waals surface area (Å²) in [6, 6.07) is 0. The van der Waals surface area contributed by atoms with Crippen molar-refractivity contribution in [1.82, 2.24) is 0 Å². The Morgan fingerprint density at radius 3 is 0.754 bits per heavy atom. The Balaban J connectivity index is 1.01. The van der Waals surface area contributed by atoms with E-state index in [9.17, 15) is 97.0 Å². The van der Waals surface area contributed by atoms with Crippen LogP contribution < -0.4 is 0 Å². The molecule has 30 atom stereocenters. The highest BCUT2D eigenvalue weighted by molar-refractivity contribution is 7.99. The summed E-state index contributed by atoms with van der Waals surface area (Å²) in [4.78, 5) is 0. The minimum Gasteiger partial charge on any atom is -0.394 e. The predicted molar refractivity (Wildman–Crippen MR) is 215 cm³/mol. The van der Waals surface area contributed by atoms with Gasteiger partial charge in [0.2, 0.25) is 0 Å². The lowest BCUT2D eigenvalue weighted by atomic mass is 9.97. The van der Waals surface area contributed by atoms with Crippen LogP contribution in [0, 0.1) is 0 Å². The molecule has 6 aliphatic heterocycles. The van der Waals surface area contributed by atoms with Crippen molar-refractivity contribution in [3.63, 3.8) is 0 Å². The van der Waals surface area contributed by atoms with E-state index in [-0.39, 0.29) is 0 Å². The van der Waals surface area contributed by atoms with E-state index in [1.807, 2.05) is 0 Å². The van der Waals surface area contributed by atoms with Gasteiger partial charge in [0.15, 0.2) is 31.5 Å². The van der Waals surface area contributed by atoms with E-state index in [1.165, 1.54) is 0 Å². The fourth-order valence-electron chi connectivity index (χ4n) is 8.28. The largest absolute Gasteiger partial charge is 0.394 e. The number of hydrogen-bond acceptors (Lipinski definition) is 31. The summed E-state index contributed by atoms with van der Waals surface area (Å²) < 4.78 is 60.9. The van der Waals surface area contributed by atoms with Crippen molar-refractivity contribution in [3.8, 4) is 0 Å². The van der Waals surface area contributed by atoms with Crippen LogP contribution >= 0.6 is 11.8 Å². The topological polar surface area (TPSA) is 486 Å².